The van der Waals surface area contributed by atoms with Gasteiger partial charge in [0.15, 0.2) is 6.61 Å². The molecule has 1 amide bonds. The SMILES string of the molecule is Cc1ccc(C(C)C)c(OCC(=O)N/N=C/c2cccc(Br)c2)c1. The van der Waals surface area contributed by atoms with Crippen molar-refractivity contribution in [2.75, 3.05) is 6.61 Å². The zero-order valence-electron chi connectivity index (χ0n) is 14.0. The zero-order valence-corrected chi connectivity index (χ0v) is 15.6. The third-order valence-electron chi connectivity index (χ3n) is 3.40. The number of nitrogens with one attached hydrogen (secondary N) is 1. The minimum Gasteiger partial charge on any atom is -0.483 e. The molecule has 0 saturated heterocycles. The highest BCUT2D eigenvalue weighted by Crippen LogP contribution is 2.27. The van der Waals surface area contributed by atoms with Gasteiger partial charge in [0, 0.05) is 4.47 Å². The zero-order chi connectivity index (χ0) is 17.5. The van der Waals surface area contributed by atoms with Gasteiger partial charge in [-0.1, -0.05) is 54.0 Å². The van der Waals surface area contributed by atoms with Gasteiger partial charge in [-0.2, -0.15) is 5.10 Å². The molecule has 1 N–H and O–H groups in total. The molecule has 0 radical (unpaired) electrons. The molecule has 0 aliphatic rings. The van der Waals surface area contributed by atoms with Crippen molar-refractivity contribution >= 4 is 28.1 Å². The lowest BCUT2D eigenvalue weighted by molar-refractivity contribution is -0.123. The Hall–Kier alpha value is -2.14. The highest BCUT2D eigenvalue weighted by molar-refractivity contribution is 9.10. The van der Waals surface area contributed by atoms with Crippen molar-refractivity contribution in [3.8, 4) is 5.75 Å². The molecular formula is C19H21BrN2O2. The number of hydrogen-bond donors (Lipinski definition) is 1. The second kappa shape index (κ2) is 8.64. The molecule has 0 aliphatic carbocycles. The van der Waals surface area contributed by atoms with Crippen LogP contribution in [0.25, 0.3) is 0 Å². The van der Waals surface area contributed by atoms with E-state index < -0.39 is 0 Å². The second-order valence-electron chi connectivity index (χ2n) is 5.83. The number of aryl methyl sites for hydroxylation is 1. The first kappa shape index (κ1) is 18.2. The Morgan fingerprint density at radius 1 is 1.29 bits per heavy atom. The van der Waals surface area contributed by atoms with Crippen LogP contribution in [0.4, 0.5) is 0 Å². The summed E-state index contributed by atoms with van der Waals surface area (Å²) in [5.41, 5.74) is 5.56. The van der Waals surface area contributed by atoms with Gasteiger partial charge in [-0.05, 0) is 47.7 Å². The molecule has 0 aliphatic heterocycles. The molecule has 2 rings (SSSR count). The summed E-state index contributed by atoms with van der Waals surface area (Å²) in [6.07, 6.45) is 1.59. The van der Waals surface area contributed by atoms with Gasteiger partial charge >= 0.3 is 0 Å². The average molecular weight is 389 g/mol. The van der Waals surface area contributed by atoms with E-state index in [0.717, 1.165) is 26.9 Å². The molecule has 0 bridgehead atoms. The molecule has 0 unspecified atom stereocenters. The highest BCUT2D eigenvalue weighted by Gasteiger charge is 2.09. The first-order chi connectivity index (χ1) is 11.5. The summed E-state index contributed by atoms with van der Waals surface area (Å²) in [5, 5.41) is 3.94. The van der Waals surface area contributed by atoms with Gasteiger partial charge < -0.3 is 4.74 Å². The minimum atomic E-state index is -0.294. The van der Waals surface area contributed by atoms with Crippen molar-refractivity contribution in [3.63, 3.8) is 0 Å². The van der Waals surface area contributed by atoms with Crippen LogP contribution in [0.5, 0.6) is 5.75 Å². The quantitative estimate of drug-likeness (QED) is 0.588. The van der Waals surface area contributed by atoms with Crippen LogP contribution in [0.2, 0.25) is 0 Å². The van der Waals surface area contributed by atoms with E-state index in [-0.39, 0.29) is 12.5 Å². The van der Waals surface area contributed by atoms with Crippen LogP contribution in [-0.4, -0.2) is 18.7 Å². The van der Waals surface area contributed by atoms with E-state index in [1.54, 1.807) is 6.21 Å². The van der Waals surface area contributed by atoms with E-state index in [2.05, 4.69) is 40.3 Å². The molecule has 0 spiro atoms. The van der Waals surface area contributed by atoms with E-state index in [1.165, 1.54) is 0 Å². The Kier molecular flexibility index (Phi) is 6.55. The summed E-state index contributed by atoms with van der Waals surface area (Å²) >= 11 is 3.39. The molecule has 5 heteroatoms. The number of amides is 1. The minimum absolute atomic E-state index is 0.0704. The van der Waals surface area contributed by atoms with Gasteiger partial charge in [0.2, 0.25) is 0 Å². The van der Waals surface area contributed by atoms with Gasteiger partial charge in [0.25, 0.3) is 5.91 Å². The fourth-order valence-electron chi connectivity index (χ4n) is 2.18. The molecule has 0 atom stereocenters. The lowest BCUT2D eigenvalue weighted by Crippen LogP contribution is -2.25. The maximum atomic E-state index is 11.9. The molecule has 2 aromatic rings. The Bertz CT molecular complexity index is 742. The lowest BCUT2D eigenvalue weighted by Gasteiger charge is -2.14. The van der Waals surface area contributed by atoms with E-state index >= 15 is 0 Å². The van der Waals surface area contributed by atoms with Crippen LogP contribution in [0.3, 0.4) is 0 Å². The van der Waals surface area contributed by atoms with Crippen LogP contribution in [0.1, 0.15) is 36.5 Å². The summed E-state index contributed by atoms with van der Waals surface area (Å²) in [7, 11) is 0. The summed E-state index contributed by atoms with van der Waals surface area (Å²) in [4.78, 5) is 11.9. The number of nitrogens with zero attached hydrogens (tertiary/aromatic N) is 1. The van der Waals surface area contributed by atoms with Crippen LogP contribution in [0, 0.1) is 6.92 Å². The molecule has 4 nitrogen and oxygen atoms in total. The molecule has 0 heterocycles. The van der Waals surface area contributed by atoms with Crippen LogP contribution in [-0.2, 0) is 4.79 Å². The van der Waals surface area contributed by atoms with Crippen molar-refractivity contribution in [1.82, 2.24) is 5.43 Å². The van der Waals surface area contributed by atoms with Gasteiger partial charge in [-0.3, -0.25) is 4.79 Å². The number of halogens is 1. The number of hydrogen-bond acceptors (Lipinski definition) is 3. The van der Waals surface area contributed by atoms with Crippen molar-refractivity contribution in [2.24, 2.45) is 5.10 Å². The van der Waals surface area contributed by atoms with E-state index in [9.17, 15) is 4.79 Å². The molecule has 24 heavy (non-hydrogen) atoms. The highest BCUT2D eigenvalue weighted by atomic mass is 79.9. The standard InChI is InChI=1S/C19H21BrN2O2/c1-13(2)17-8-7-14(3)9-18(17)24-12-19(23)22-21-11-15-5-4-6-16(20)10-15/h4-11,13H,12H2,1-3H3,(H,22,23)/b21-11+. The maximum absolute atomic E-state index is 11.9. The Labute approximate surface area is 151 Å². The molecular weight excluding hydrogens is 368 g/mol. The first-order valence-corrected chi connectivity index (χ1v) is 8.56. The molecule has 126 valence electrons. The second-order valence-corrected chi connectivity index (χ2v) is 6.75. The lowest BCUT2D eigenvalue weighted by atomic mass is 10.0. The molecule has 0 aromatic heterocycles. The summed E-state index contributed by atoms with van der Waals surface area (Å²) in [6, 6.07) is 13.7. The van der Waals surface area contributed by atoms with E-state index in [4.69, 9.17) is 4.74 Å². The first-order valence-electron chi connectivity index (χ1n) is 7.76. The topological polar surface area (TPSA) is 50.7 Å². The van der Waals surface area contributed by atoms with Gasteiger partial charge in [-0.15, -0.1) is 0 Å². The molecule has 0 fully saturated rings. The fraction of sp³-hybridized carbons (Fsp3) is 0.263. The summed E-state index contributed by atoms with van der Waals surface area (Å²) < 4.78 is 6.63. The van der Waals surface area contributed by atoms with Gasteiger partial charge in [0.05, 0.1) is 6.21 Å². The van der Waals surface area contributed by atoms with Crippen LogP contribution < -0.4 is 10.2 Å². The predicted octanol–water partition coefficient (Wildman–Crippen LogP) is 4.41. The number of benzene rings is 2. The van der Waals surface area contributed by atoms with Crippen LogP contribution >= 0.6 is 15.9 Å². The van der Waals surface area contributed by atoms with Crippen molar-refractivity contribution < 1.29 is 9.53 Å². The third kappa shape index (κ3) is 5.49. The number of carbonyl (C=O) groups is 1. The number of hydrazone groups is 1. The van der Waals surface area contributed by atoms with Crippen LogP contribution in [0.15, 0.2) is 52.0 Å². The smallest absolute Gasteiger partial charge is 0.277 e. The average Bonchev–Trinajstić information content (AvgIpc) is 2.53. The van der Waals surface area contributed by atoms with E-state index in [0.29, 0.717) is 5.92 Å². The number of ether oxygens (including phenoxy) is 1. The summed E-state index contributed by atoms with van der Waals surface area (Å²) in [6.45, 7) is 6.12. The summed E-state index contributed by atoms with van der Waals surface area (Å²) in [5.74, 6) is 0.784. The number of rotatable bonds is 6. The normalized spacial score (nSPS) is 11.0. The van der Waals surface area contributed by atoms with Crippen molar-refractivity contribution in [3.05, 3.63) is 63.6 Å². The Balaban J connectivity index is 1.91. The third-order valence-corrected chi connectivity index (χ3v) is 3.89. The van der Waals surface area contributed by atoms with Crippen molar-refractivity contribution in [1.29, 1.82) is 0 Å². The van der Waals surface area contributed by atoms with E-state index in [1.807, 2.05) is 49.4 Å². The fourth-order valence-corrected chi connectivity index (χ4v) is 2.60. The molecule has 0 saturated carbocycles. The maximum Gasteiger partial charge on any atom is 0.277 e. The number of carbonyl (C=O) groups excluding carboxylic acids is 1. The van der Waals surface area contributed by atoms with Crippen molar-refractivity contribution in [2.45, 2.75) is 26.7 Å². The Morgan fingerprint density at radius 3 is 2.79 bits per heavy atom. The van der Waals surface area contributed by atoms with Gasteiger partial charge in [0.1, 0.15) is 5.75 Å². The monoisotopic (exact) mass is 388 g/mol. The van der Waals surface area contributed by atoms with Gasteiger partial charge in [-0.25, -0.2) is 5.43 Å². The molecule has 2 aromatic carbocycles. The predicted molar refractivity (Wildman–Crippen MR) is 101 cm³/mol. The largest absolute Gasteiger partial charge is 0.483 e. The Morgan fingerprint density at radius 2 is 2.08 bits per heavy atom.